The van der Waals surface area contributed by atoms with Crippen LogP contribution >= 0.6 is 0 Å². The lowest BCUT2D eigenvalue weighted by atomic mass is 9.87. The maximum absolute atomic E-state index is 12.4. The topological polar surface area (TPSA) is 58.6 Å². The van der Waals surface area contributed by atoms with Crippen LogP contribution in [0.3, 0.4) is 0 Å². The van der Waals surface area contributed by atoms with Crippen molar-refractivity contribution in [1.29, 1.82) is 0 Å². The van der Waals surface area contributed by atoms with Crippen molar-refractivity contribution >= 4 is 17.5 Å². The van der Waals surface area contributed by atoms with Gasteiger partial charge >= 0.3 is 0 Å². The monoisotopic (exact) mass is 394 g/mol. The summed E-state index contributed by atoms with van der Waals surface area (Å²) < 4.78 is 5.77. The molecule has 0 aromatic heterocycles. The molecule has 1 saturated heterocycles. The predicted molar refractivity (Wildman–Crippen MR) is 115 cm³/mol. The lowest BCUT2D eigenvalue weighted by molar-refractivity contribution is -0.127. The Labute approximate surface area is 173 Å². The van der Waals surface area contributed by atoms with Gasteiger partial charge in [-0.1, -0.05) is 45.0 Å². The average molecular weight is 395 g/mol. The number of carbonyl (C=O) groups excluding carboxylic acids is 2. The van der Waals surface area contributed by atoms with Gasteiger partial charge in [-0.05, 0) is 54.2 Å². The molecule has 29 heavy (non-hydrogen) atoms. The summed E-state index contributed by atoms with van der Waals surface area (Å²) in [5.74, 6) is 0.691. The summed E-state index contributed by atoms with van der Waals surface area (Å²) in [4.78, 5) is 26.0. The maximum atomic E-state index is 12.4. The van der Waals surface area contributed by atoms with Crippen molar-refractivity contribution in [1.82, 2.24) is 5.32 Å². The number of nitrogens with one attached hydrogen (secondary N) is 1. The molecule has 1 aliphatic rings. The van der Waals surface area contributed by atoms with E-state index in [2.05, 4.69) is 26.1 Å². The van der Waals surface area contributed by atoms with Crippen LogP contribution in [0.4, 0.5) is 5.69 Å². The highest BCUT2D eigenvalue weighted by atomic mass is 16.5. The van der Waals surface area contributed by atoms with Crippen LogP contribution in [-0.2, 0) is 21.5 Å². The van der Waals surface area contributed by atoms with Crippen LogP contribution in [0.25, 0.3) is 0 Å². The molecule has 5 heteroatoms. The Balaban J connectivity index is 1.50. The van der Waals surface area contributed by atoms with E-state index in [-0.39, 0.29) is 17.2 Å². The van der Waals surface area contributed by atoms with Gasteiger partial charge in [-0.25, -0.2) is 0 Å². The Kier molecular flexibility index (Phi) is 6.26. The molecule has 1 fully saturated rings. The van der Waals surface area contributed by atoms with Crippen molar-refractivity contribution in [2.45, 2.75) is 58.6 Å². The smallest absolute Gasteiger partial charge is 0.261 e. The van der Waals surface area contributed by atoms with Crippen LogP contribution in [0.5, 0.6) is 5.75 Å². The molecule has 0 radical (unpaired) electrons. The molecular weight excluding hydrogens is 364 g/mol. The molecule has 1 heterocycles. The standard InChI is InChI=1S/C24H30N2O3/c1-17(29-21-13-9-19(10-14-21)24(2,3)4)23(28)25-16-18-7-11-20(12-8-18)26-15-5-6-22(26)27/h7-14,17H,5-6,15-16H2,1-4H3,(H,25,28)/t17-/m1/s1. The van der Waals surface area contributed by atoms with Crippen LogP contribution < -0.4 is 15.0 Å². The second-order valence-corrected chi connectivity index (χ2v) is 8.57. The van der Waals surface area contributed by atoms with Crippen molar-refractivity contribution in [3.05, 3.63) is 59.7 Å². The third-order valence-electron chi connectivity index (χ3n) is 5.19. The first-order valence-electron chi connectivity index (χ1n) is 10.2. The predicted octanol–water partition coefficient (Wildman–Crippen LogP) is 4.19. The summed E-state index contributed by atoms with van der Waals surface area (Å²) >= 11 is 0. The van der Waals surface area contributed by atoms with E-state index < -0.39 is 6.10 Å². The Morgan fingerprint density at radius 1 is 1.10 bits per heavy atom. The fourth-order valence-electron chi connectivity index (χ4n) is 3.34. The van der Waals surface area contributed by atoms with E-state index >= 15 is 0 Å². The molecule has 2 amide bonds. The van der Waals surface area contributed by atoms with Crippen molar-refractivity contribution in [2.24, 2.45) is 0 Å². The first-order chi connectivity index (χ1) is 13.7. The molecule has 0 bridgehead atoms. The zero-order valence-corrected chi connectivity index (χ0v) is 17.7. The Bertz CT molecular complexity index is 851. The molecule has 0 aliphatic carbocycles. The summed E-state index contributed by atoms with van der Waals surface area (Å²) in [6.45, 7) is 9.43. The molecule has 5 nitrogen and oxygen atoms in total. The summed E-state index contributed by atoms with van der Waals surface area (Å²) in [6.07, 6.45) is 0.944. The molecule has 0 unspecified atom stereocenters. The van der Waals surface area contributed by atoms with E-state index in [1.807, 2.05) is 53.4 Å². The third-order valence-corrected chi connectivity index (χ3v) is 5.19. The summed E-state index contributed by atoms with van der Waals surface area (Å²) in [5, 5.41) is 2.91. The SMILES string of the molecule is C[C@@H](Oc1ccc(C(C)(C)C)cc1)C(=O)NCc1ccc(N2CCCC2=O)cc1. The largest absolute Gasteiger partial charge is 0.481 e. The molecule has 2 aromatic rings. The van der Waals surface area contributed by atoms with Gasteiger partial charge in [-0.2, -0.15) is 0 Å². The number of ether oxygens (including phenoxy) is 1. The van der Waals surface area contributed by atoms with Crippen molar-refractivity contribution < 1.29 is 14.3 Å². The minimum Gasteiger partial charge on any atom is -0.481 e. The van der Waals surface area contributed by atoms with E-state index in [9.17, 15) is 9.59 Å². The van der Waals surface area contributed by atoms with Gasteiger partial charge in [0.25, 0.3) is 5.91 Å². The van der Waals surface area contributed by atoms with Gasteiger partial charge in [0, 0.05) is 25.2 Å². The first kappa shape index (κ1) is 20.9. The van der Waals surface area contributed by atoms with E-state index in [1.165, 1.54) is 5.56 Å². The minimum atomic E-state index is -0.586. The lowest BCUT2D eigenvalue weighted by Crippen LogP contribution is -2.35. The fraction of sp³-hybridized carbons (Fsp3) is 0.417. The molecule has 1 aliphatic heterocycles. The number of anilines is 1. The molecule has 2 aromatic carbocycles. The average Bonchev–Trinajstić information content (AvgIpc) is 3.12. The highest BCUT2D eigenvalue weighted by Crippen LogP contribution is 2.25. The number of carbonyl (C=O) groups is 2. The highest BCUT2D eigenvalue weighted by Gasteiger charge is 2.21. The van der Waals surface area contributed by atoms with Gasteiger partial charge in [0.1, 0.15) is 5.75 Å². The number of benzene rings is 2. The molecule has 0 saturated carbocycles. The van der Waals surface area contributed by atoms with Crippen LogP contribution in [0.2, 0.25) is 0 Å². The van der Waals surface area contributed by atoms with E-state index in [1.54, 1.807) is 6.92 Å². The van der Waals surface area contributed by atoms with Crippen molar-refractivity contribution in [3.8, 4) is 5.75 Å². The minimum absolute atomic E-state index is 0.0825. The number of nitrogens with zero attached hydrogens (tertiary/aromatic N) is 1. The second kappa shape index (κ2) is 8.68. The van der Waals surface area contributed by atoms with Crippen LogP contribution in [-0.4, -0.2) is 24.5 Å². The lowest BCUT2D eigenvalue weighted by Gasteiger charge is -2.20. The quantitative estimate of drug-likeness (QED) is 0.799. The van der Waals surface area contributed by atoms with E-state index in [0.29, 0.717) is 18.7 Å². The third kappa shape index (κ3) is 5.37. The van der Waals surface area contributed by atoms with Gasteiger partial charge in [0.15, 0.2) is 6.10 Å². The summed E-state index contributed by atoms with van der Waals surface area (Å²) in [7, 11) is 0. The normalized spacial score (nSPS) is 15.3. The van der Waals surface area contributed by atoms with Crippen molar-refractivity contribution in [3.63, 3.8) is 0 Å². The Hall–Kier alpha value is -2.82. The van der Waals surface area contributed by atoms with Gasteiger partial charge in [-0.15, -0.1) is 0 Å². The number of hydrogen-bond acceptors (Lipinski definition) is 3. The molecular formula is C24H30N2O3. The zero-order valence-electron chi connectivity index (χ0n) is 17.7. The van der Waals surface area contributed by atoms with Gasteiger partial charge in [-0.3, -0.25) is 9.59 Å². The fourth-order valence-corrected chi connectivity index (χ4v) is 3.34. The summed E-state index contributed by atoms with van der Waals surface area (Å²) in [6, 6.07) is 15.6. The molecule has 1 atom stereocenters. The first-order valence-corrected chi connectivity index (χ1v) is 10.2. The van der Waals surface area contributed by atoms with Crippen LogP contribution in [0, 0.1) is 0 Å². The van der Waals surface area contributed by atoms with Crippen molar-refractivity contribution in [2.75, 3.05) is 11.4 Å². The van der Waals surface area contributed by atoms with E-state index in [4.69, 9.17) is 4.74 Å². The van der Waals surface area contributed by atoms with Crippen LogP contribution in [0.15, 0.2) is 48.5 Å². The molecule has 154 valence electrons. The Morgan fingerprint density at radius 3 is 2.31 bits per heavy atom. The summed E-state index contributed by atoms with van der Waals surface area (Å²) in [5.41, 5.74) is 3.20. The van der Waals surface area contributed by atoms with Gasteiger partial charge in [0.05, 0.1) is 0 Å². The van der Waals surface area contributed by atoms with Crippen LogP contribution in [0.1, 0.15) is 51.7 Å². The zero-order chi connectivity index (χ0) is 21.0. The number of amides is 2. The second-order valence-electron chi connectivity index (χ2n) is 8.57. The number of rotatable bonds is 6. The molecule has 0 spiro atoms. The molecule has 3 rings (SSSR count). The van der Waals surface area contributed by atoms with Gasteiger partial charge in [0.2, 0.25) is 5.91 Å². The highest BCUT2D eigenvalue weighted by molar-refractivity contribution is 5.95. The number of hydrogen-bond donors (Lipinski definition) is 1. The van der Waals surface area contributed by atoms with Gasteiger partial charge < -0.3 is 15.0 Å². The Morgan fingerprint density at radius 2 is 1.76 bits per heavy atom. The maximum Gasteiger partial charge on any atom is 0.261 e. The van der Waals surface area contributed by atoms with E-state index in [0.717, 1.165) is 24.2 Å². The molecule has 1 N–H and O–H groups in total.